The van der Waals surface area contributed by atoms with Crippen molar-refractivity contribution in [1.29, 1.82) is 0 Å². The Bertz CT molecular complexity index is 214. The van der Waals surface area contributed by atoms with E-state index in [1.165, 1.54) is 11.8 Å². The minimum Gasteiger partial charge on any atom is -0.480 e. The molecule has 4 nitrogen and oxygen atoms in total. The molecular formula is C7H11NO3. The van der Waals surface area contributed by atoms with Crippen molar-refractivity contribution in [2.24, 2.45) is 0 Å². The fraction of sp³-hybridized carbons (Fsp3) is 0.714. The first-order chi connectivity index (χ1) is 4.98. The molecule has 0 aliphatic carbocycles. The highest BCUT2D eigenvalue weighted by molar-refractivity contribution is 5.87. The van der Waals surface area contributed by atoms with Crippen LogP contribution in [0.5, 0.6) is 0 Å². The molecule has 4 heteroatoms. The van der Waals surface area contributed by atoms with E-state index in [1.54, 1.807) is 6.92 Å². The second kappa shape index (κ2) is 2.22. The van der Waals surface area contributed by atoms with Crippen molar-refractivity contribution >= 4 is 11.9 Å². The second-order valence-corrected chi connectivity index (χ2v) is 3.00. The van der Waals surface area contributed by atoms with E-state index in [0.717, 1.165) is 0 Å². The van der Waals surface area contributed by atoms with Crippen molar-refractivity contribution in [2.45, 2.75) is 25.8 Å². The number of hydrogen-bond donors (Lipinski definition) is 1. The van der Waals surface area contributed by atoms with Gasteiger partial charge in [0.05, 0.1) is 0 Å². The van der Waals surface area contributed by atoms with Crippen LogP contribution in [-0.2, 0) is 9.59 Å². The molecule has 0 spiro atoms. The molecule has 0 aromatic carbocycles. The average molecular weight is 157 g/mol. The van der Waals surface area contributed by atoms with Gasteiger partial charge < -0.3 is 10.0 Å². The number of amides is 1. The standard InChI is InChI=1S/C7H11NO3/c1-5(9)8-4-3-7(8,2)6(10)11/h3-4H2,1-2H3,(H,10,11). The predicted molar refractivity (Wildman–Crippen MR) is 38.0 cm³/mol. The number of aliphatic carboxylic acids is 1. The van der Waals surface area contributed by atoms with Crippen LogP contribution in [0.2, 0.25) is 0 Å². The Morgan fingerprint density at radius 3 is 2.18 bits per heavy atom. The first-order valence-electron chi connectivity index (χ1n) is 3.50. The topological polar surface area (TPSA) is 57.6 Å². The van der Waals surface area contributed by atoms with E-state index in [4.69, 9.17) is 5.11 Å². The summed E-state index contributed by atoms with van der Waals surface area (Å²) in [5.74, 6) is -1.08. The summed E-state index contributed by atoms with van der Waals surface area (Å²) in [5.41, 5.74) is -0.939. The van der Waals surface area contributed by atoms with Crippen LogP contribution in [-0.4, -0.2) is 34.0 Å². The van der Waals surface area contributed by atoms with Gasteiger partial charge in [-0.2, -0.15) is 0 Å². The zero-order valence-electron chi connectivity index (χ0n) is 6.63. The van der Waals surface area contributed by atoms with Gasteiger partial charge in [-0.1, -0.05) is 0 Å². The summed E-state index contributed by atoms with van der Waals surface area (Å²) >= 11 is 0. The number of likely N-dealkylation sites (tertiary alicyclic amines) is 1. The zero-order chi connectivity index (χ0) is 8.65. The monoisotopic (exact) mass is 157 g/mol. The molecule has 0 aromatic rings. The Labute approximate surface area is 64.8 Å². The minimum atomic E-state index is -0.939. The number of carbonyl (C=O) groups excluding carboxylic acids is 1. The summed E-state index contributed by atoms with van der Waals surface area (Å²) in [7, 11) is 0. The number of carboxylic acids is 1. The maximum absolute atomic E-state index is 10.8. The van der Waals surface area contributed by atoms with Crippen molar-refractivity contribution in [3.8, 4) is 0 Å². The molecule has 1 N–H and O–H groups in total. The van der Waals surface area contributed by atoms with Crippen molar-refractivity contribution in [2.75, 3.05) is 6.54 Å². The summed E-state index contributed by atoms with van der Waals surface area (Å²) in [5, 5.41) is 8.72. The van der Waals surface area contributed by atoms with Gasteiger partial charge in [-0.15, -0.1) is 0 Å². The Morgan fingerprint density at radius 1 is 1.55 bits per heavy atom. The van der Waals surface area contributed by atoms with Crippen molar-refractivity contribution in [3.63, 3.8) is 0 Å². The highest BCUT2D eigenvalue weighted by atomic mass is 16.4. The number of rotatable bonds is 1. The molecule has 1 amide bonds. The Hall–Kier alpha value is -1.06. The normalized spacial score (nSPS) is 29.5. The summed E-state index contributed by atoms with van der Waals surface area (Å²) in [6.45, 7) is 3.53. The first-order valence-corrected chi connectivity index (χ1v) is 3.50. The van der Waals surface area contributed by atoms with Gasteiger partial charge in [0.2, 0.25) is 5.91 Å². The van der Waals surface area contributed by atoms with Crippen LogP contribution in [0.25, 0.3) is 0 Å². The molecular weight excluding hydrogens is 146 g/mol. The number of nitrogens with zero attached hydrogens (tertiary/aromatic N) is 1. The molecule has 1 saturated heterocycles. The van der Waals surface area contributed by atoms with Gasteiger partial charge in [0.25, 0.3) is 0 Å². The molecule has 1 unspecified atom stereocenters. The van der Waals surface area contributed by atoms with E-state index in [-0.39, 0.29) is 5.91 Å². The molecule has 0 radical (unpaired) electrons. The van der Waals surface area contributed by atoms with E-state index in [2.05, 4.69) is 0 Å². The van der Waals surface area contributed by atoms with Crippen molar-refractivity contribution in [1.82, 2.24) is 4.90 Å². The molecule has 11 heavy (non-hydrogen) atoms. The van der Waals surface area contributed by atoms with Gasteiger partial charge in [0.15, 0.2) is 0 Å². The van der Waals surface area contributed by atoms with Gasteiger partial charge >= 0.3 is 5.97 Å². The third kappa shape index (κ3) is 0.982. The molecule has 1 atom stereocenters. The fourth-order valence-corrected chi connectivity index (χ4v) is 1.29. The van der Waals surface area contributed by atoms with E-state index in [9.17, 15) is 9.59 Å². The van der Waals surface area contributed by atoms with E-state index in [0.29, 0.717) is 13.0 Å². The maximum Gasteiger partial charge on any atom is 0.329 e. The van der Waals surface area contributed by atoms with E-state index >= 15 is 0 Å². The van der Waals surface area contributed by atoms with Gasteiger partial charge in [-0.3, -0.25) is 4.79 Å². The molecule has 1 fully saturated rings. The summed E-state index contributed by atoms with van der Waals surface area (Å²) in [6, 6.07) is 0. The fourth-order valence-electron chi connectivity index (χ4n) is 1.29. The lowest BCUT2D eigenvalue weighted by Crippen LogP contribution is -2.64. The van der Waals surface area contributed by atoms with Crippen molar-refractivity contribution in [3.05, 3.63) is 0 Å². The average Bonchev–Trinajstić information content (AvgIpc) is 1.82. The lowest BCUT2D eigenvalue weighted by molar-refractivity contribution is -0.167. The van der Waals surface area contributed by atoms with Crippen LogP contribution >= 0.6 is 0 Å². The molecule has 1 rings (SSSR count). The minimum absolute atomic E-state index is 0.166. The summed E-state index contributed by atoms with van der Waals surface area (Å²) in [4.78, 5) is 22.8. The smallest absolute Gasteiger partial charge is 0.329 e. The van der Waals surface area contributed by atoms with Gasteiger partial charge in [-0.05, 0) is 13.3 Å². The zero-order valence-corrected chi connectivity index (χ0v) is 6.63. The Kier molecular flexibility index (Phi) is 1.62. The molecule has 0 bridgehead atoms. The van der Waals surface area contributed by atoms with E-state index in [1.807, 2.05) is 0 Å². The van der Waals surface area contributed by atoms with Crippen LogP contribution in [0.4, 0.5) is 0 Å². The Morgan fingerprint density at radius 2 is 2.09 bits per heavy atom. The molecule has 1 aliphatic rings. The van der Waals surface area contributed by atoms with Gasteiger partial charge in [0, 0.05) is 13.5 Å². The lowest BCUT2D eigenvalue weighted by atomic mass is 9.87. The molecule has 0 aromatic heterocycles. The molecule has 0 saturated carbocycles. The van der Waals surface area contributed by atoms with Gasteiger partial charge in [-0.25, -0.2) is 4.79 Å². The molecule has 62 valence electrons. The third-order valence-electron chi connectivity index (χ3n) is 2.26. The highest BCUT2D eigenvalue weighted by Gasteiger charge is 2.48. The van der Waals surface area contributed by atoms with Crippen molar-refractivity contribution < 1.29 is 14.7 Å². The second-order valence-electron chi connectivity index (χ2n) is 3.00. The van der Waals surface area contributed by atoms with Crippen LogP contribution in [0, 0.1) is 0 Å². The number of hydrogen-bond acceptors (Lipinski definition) is 2. The van der Waals surface area contributed by atoms with Crippen LogP contribution in [0.15, 0.2) is 0 Å². The SMILES string of the molecule is CC(=O)N1CCC1(C)C(=O)O. The van der Waals surface area contributed by atoms with Crippen LogP contribution in [0.3, 0.4) is 0 Å². The maximum atomic E-state index is 10.8. The summed E-state index contributed by atoms with van der Waals surface area (Å²) < 4.78 is 0. The van der Waals surface area contributed by atoms with Gasteiger partial charge in [0.1, 0.15) is 5.54 Å². The van der Waals surface area contributed by atoms with Crippen LogP contribution < -0.4 is 0 Å². The summed E-state index contributed by atoms with van der Waals surface area (Å²) in [6.07, 6.45) is 0.557. The van der Waals surface area contributed by atoms with Crippen LogP contribution in [0.1, 0.15) is 20.3 Å². The third-order valence-corrected chi connectivity index (χ3v) is 2.26. The first kappa shape index (κ1) is 8.04. The largest absolute Gasteiger partial charge is 0.480 e. The van der Waals surface area contributed by atoms with E-state index < -0.39 is 11.5 Å². The molecule has 1 aliphatic heterocycles. The quantitative estimate of drug-likeness (QED) is 0.586. The lowest BCUT2D eigenvalue weighted by Gasteiger charge is -2.46. The number of carboxylic acid groups (broad SMARTS) is 1. The number of carbonyl (C=O) groups is 2. The predicted octanol–water partition coefficient (Wildman–Crippen LogP) is 0.0819. The molecule has 1 heterocycles. The Balaban J connectivity index is 2.75. The highest BCUT2D eigenvalue weighted by Crippen LogP contribution is 2.30.